The minimum absolute atomic E-state index is 0.503. The Morgan fingerprint density at radius 2 is 2.18 bits per heavy atom. The van der Waals surface area contributed by atoms with Crippen LogP contribution in [0.3, 0.4) is 0 Å². The van der Waals surface area contributed by atoms with E-state index in [4.69, 9.17) is 5.26 Å². The van der Waals surface area contributed by atoms with Gasteiger partial charge in [0.1, 0.15) is 0 Å². The van der Waals surface area contributed by atoms with Gasteiger partial charge in [0, 0.05) is 18.8 Å². The molecular weight excluding hydrogens is 212 g/mol. The highest BCUT2D eigenvalue weighted by atomic mass is 16.3. The molecule has 2 rings (SSSR count). The van der Waals surface area contributed by atoms with Crippen molar-refractivity contribution in [2.45, 2.75) is 12.5 Å². The summed E-state index contributed by atoms with van der Waals surface area (Å²) in [6.07, 6.45) is 3.33. The number of aliphatic hydroxyl groups excluding tert-OH is 1. The van der Waals surface area contributed by atoms with Crippen LogP contribution in [0.5, 0.6) is 0 Å². The molecule has 17 heavy (non-hydrogen) atoms. The number of aromatic nitrogens is 1. The SMILES string of the molecule is N#Cc1cccc(C(O)Cc2cccnc2)c1. The smallest absolute Gasteiger partial charge is 0.0991 e. The lowest BCUT2D eigenvalue weighted by Crippen LogP contribution is -2.02. The molecule has 1 aromatic carbocycles. The van der Waals surface area contributed by atoms with Crippen molar-refractivity contribution in [3.05, 3.63) is 65.5 Å². The summed E-state index contributed by atoms with van der Waals surface area (Å²) in [5, 5.41) is 18.8. The molecule has 1 unspecified atom stereocenters. The molecule has 1 N–H and O–H groups in total. The first-order valence-electron chi connectivity index (χ1n) is 5.36. The number of nitrogens with zero attached hydrogens (tertiary/aromatic N) is 2. The third-order valence-electron chi connectivity index (χ3n) is 2.55. The van der Waals surface area contributed by atoms with E-state index in [0.29, 0.717) is 12.0 Å². The van der Waals surface area contributed by atoms with Crippen LogP contribution in [0.25, 0.3) is 0 Å². The van der Waals surface area contributed by atoms with Crippen LogP contribution in [0.4, 0.5) is 0 Å². The maximum atomic E-state index is 10.1. The summed E-state index contributed by atoms with van der Waals surface area (Å²) in [6.45, 7) is 0. The van der Waals surface area contributed by atoms with Crippen LogP contribution in [-0.4, -0.2) is 10.1 Å². The number of nitriles is 1. The van der Waals surface area contributed by atoms with Crippen molar-refractivity contribution in [1.82, 2.24) is 4.98 Å². The Balaban J connectivity index is 2.15. The fourth-order valence-electron chi connectivity index (χ4n) is 1.68. The van der Waals surface area contributed by atoms with E-state index in [1.54, 1.807) is 30.6 Å². The van der Waals surface area contributed by atoms with Gasteiger partial charge in [-0.15, -0.1) is 0 Å². The predicted molar refractivity (Wildman–Crippen MR) is 64.1 cm³/mol. The first kappa shape index (κ1) is 11.3. The van der Waals surface area contributed by atoms with Gasteiger partial charge in [0.15, 0.2) is 0 Å². The zero-order valence-corrected chi connectivity index (χ0v) is 9.24. The Labute approximate surface area is 100.0 Å². The average molecular weight is 224 g/mol. The number of pyridine rings is 1. The van der Waals surface area contributed by atoms with Crippen molar-refractivity contribution >= 4 is 0 Å². The van der Waals surface area contributed by atoms with Gasteiger partial charge in [-0.1, -0.05) is 18.2 Å². The van der Waals surface area contributed by atoms with E-state index < -0.39 is 6.10 Å². The molecule has 1 heterocycles. The first-order chi connectivity index (χ1) is 8.29. The molecule has 0 saturated heterocycles. The maximum absolute atomic E-state index is 10.1. The van der Waals surface area contributed by atoms with Crippen molar-refractivity contribution in [1.29, 1.82) is 5.26 Å². The summed E-state index contributed by atoms with van der Waals surface area (Å²) in [7, 11) is 0. The molecular formula is C14H12N2O. The van der Waals surface area contributed by atoms with Gasteiger partial charge in [-0.05, 0) is 29.3 Å². The monoisotopic (exact) mass is 224 g/mol. The molecule has 1 atom stereocenters. The number of hydrogen-bond acceptors (Lipinski definition) is 3. The lowest BCUT2D eigenvalue weighted by molar-refractivity contribution is 0.178. The van der Waals surface area contributed by atoms with Gasteiger partial charge in [0.25, 0.3) is 0 Å². The summed E-state index contributed by atoms with van der Waals surface area (Å²) in [5.74, 6) is 0. The lowest BCUT2D eigenvalue weighted by Gasteiger charge is -2.10. The van der Waals surface area contributed by atoms with Crippen LogP contribution in [0.2, 0.25) is 0 Å². The molecule has 0 aliphatic carbocycles. The van der Waals surface area contributed by atoms with Crippen LogP contribution in [0.1, 0.15) is 22.8 Å². The van der Waals surface area contributed by atoms with E-state index in [2.05, 4.69) is 11.1 Å². The number of aliphatic hydroxyl groups is 1. The Bertz CT molecular complexity index is 531. The summed E-state index contributed by atoms with van der Waals surface area (Å²) in [5.41, 5.74) is 2.29. The van der Waals surface area contributed by atoms with Crippen molar-refractivity contribution in [3.8, 4) is 6.07 Å². The molecule has 0 amide bonds. The van der Waals surface area contributed by atoms with E-state index in [1.165, 1.54) is 0 Å². The fraction of sp³-hybridized carbons (Fsp3) is 0.143. The quantitative estimate of drug-likeness (QED) is 0.869. The molecule has 0 bridgehead atoms. The van der Waals surface area contributed by atoms with E-state index in [9.17, 15) is 5.11 Å². The van der Waals surface area contributed by atoms with E-state index >= 15 is 0 Å². The van der Waals surface area contributed by atoms with Crippen molar-refractivity contribution < 1.29 is 5.11 Å². The summed E-state index contributed by atoms with van der Waals surface area (Å²) in [6, 6.07) is 12.9. The van der Waals surface area contributed by atoms with Crippen molar-refractivity contribution in [2.24, 2.45) is 0 Å². The number of rotatable bonds is 3. The van der Waals surface area contributed by atoms with Gasteiger partial charge < -0.3 is 5.11 Å². The molecule has 1 aromatic heterocycles. The second-order valence-corrected chi connectivity index (χ2v) is 3.82. The minimum Gasteiger partial charge on any atom is -0.388 e. The Kier molecular flexibility index (Phi) is 3.49. The Morgan fingerprint density at radius 3 is 2.88 bits per heavy atom. The number of hydrogen-bond donors (Lipinski definition) is 1. The van der Waals surface area contributed by atoms with Crippen molar-refractivity contribution in [3.63, 3.8) is 0 Å². The number of benzene rings is 1. The standard InChI is InChI=1S/C14H12N2O/c15-9-11-3-1-5-13(7-11)14(17)8-12-4-2-6-16-10-12/h1-7,10,14,17H,8H2. The molecule has 2 aromatic rings. The zero-order chi connectivity index (χ0) is 12.1. The Morgan fingerprint density at radius 1 is 1.29 bits per heavy atom. The largest absolute Gasteiger partial charge is 0.388 e. The summed E-state index contributed by atoms with van der Waals surface area (Å²) >= 11 is 0. The second kappa shape index (κ2) is 5.24. The van der Waals surface area contributed by atoms with Gasteiger partial charge in [-0.25, -0.2) is 0 Å². The molecule has 0 spiro atoms. The normalized spacial score (nSPS) is 11.8. The van der Waals surface area contributed by atoms with Crippen molar-refractivity contribution in [2.75, 3.05) is 0 Å². The maximum Gasteiger partial charge on any atom is 0.0991 e. The molecule has 0 radical (unpaired) electrons. The molecule has 3 nitrogen and oxygen atoms in total. The van der Waals surface area contributed by atoms with Gasteiger partial charge in [0.2, 0.25) is 0 Å². The van der Waals surface area contributed by atoms with E-state index in [1.807, 2.05) is 18.2 Å². The van der Waals surface area contributed by atoms with Crippen LogP contribution in [0, 0.1) is 11.3 Å². The second-order valence-electron chi connectivity index (χ2n) is 3.82. The van der Waals surface area contributed by atoms with Gasteiger partial charge in [0.05, 0.1) is 17.7 Å². The summed E-state index contributed by atoms with van der Waals surface area (Å²) < 4.78 is 0. The minimum atomic E-state index is -0.604. The zero-order valence-electron chi connectivity index (χ0n) is 9.24. The van der Waals surface area contributed by atoms with Crippen LogP contribution in [0.15, 0.2) is 48.8 Å². The average Bonchev–Trinajstić information content (AvgIpc) is 2.40. The molecule has 0 saturated carbocycles. The van der Waals surface area contributed by atoms with E-state index in [-0.39, 0.29) is 0 Å². The highest BCUT2D eigenvalue weighted by Crippen LogP contribution is 2.18. The molecule has 3 heteroatoms. The van der Waals surface area contributed by atoms with Crippen LogP contribution in [-0.2, 0) is 6.42 Å². The van der Waals surface area contributed by atoms with E-state index in [0.717, 1.165) is 11.1 Å². The molecule has 0 aliphatic heterocycles. The lowest BCUT2D eigenvalue weighted by atomic mass is 10.0. The first-order valence-corrected chi connectivity index (χ1v) is 5.36. The van der Waals surface area contributed by atoms with Crippen LogP contribution >= 0.6 is 0 Å². The summed E-state index contributed by atoms with van der Waals surface area (Å²) in [4.78, 5) is 4.00. The third-order valence-corrected chi connectivity index (χ3v) is 2.55. The highest BCUT2D eigenvalue weighted by molar-refractivity contribution is 5.34. The predicted octanol–water partition coefficient (Wildman–Crippen LogP) is 2.23. The molecule has 0 fully saturated rings. The van der Waals surface area contributed by atoms with Crippen LogP contribution < -0.4 is 0 Å². The third kappa shape index (κ3) is 2.90. The Hall–Kier alpha value is -2.18. The highest BCUT2D eigenvalue weighted by Gasteiger charge is 2.09. The fourth-order valence-corrected chi connectivity index (χ4v) is 1.68. The molecule has 0 aliphatic rings. The van der Waals surface area contributed by atoms with Gasteiger partial charge in [-0.2, -0.15) is 5.26 Å². The molecule has 84 valence electrons. The van der Waals surface area contributed by atoms with Gasteiger partial charge in [-0.3, -0.25) is 4.98 Å². The van der Waals surface area contributed by atoms with Gasteiger partial charge >= 0.3 is 0 Å². The topological polar surface area (TPSA) is 56.9 Å².